The number of carbonyl (C=O) groups is 1. The summed E-state index contributed by atoms with van der Waals surface area (Å²) < 4.78 is 32.6. The Bertz CT molecular complexity index is 500. The molecule has 0 aromatic heterocycles. The van der Waals surface area contributed by atoms with E-state index in [9.17, 15) is 13.6 Å². The van der Waals surface area contributed by atoms with Gasteiger partial charge in [-0.1, -0.05) is 33.6 Å². The molecule has 0 spiro atoms. The third kappa shape index (κ3) is 9.35. The quantitative estimate of drug-likeness (QED) is 0.479. The number of halogens is 2. The molecule has 0 unspecified atom stereocenters. The molecule has 0 aliphatic carbocycles. The minimum absolute atomic E-state index is 0.0104. The SMILES string of the molecule is C#CN.CC.CCCCOc1ccc(F)c(CC(=O)NC)c1F. The van der Waals surface area contributed by atoms with Gasteiger partial charge in [0.2, 0.25) is 5.91 Å². The molecule has 0 radical (unpaired) electrons. The van der Waals surface area contributed by atoms with E-state index in [4.69, 9.17) is 4.74 Å². The molecule has 130 valence electrons. The summed E-state index contributed by atoms with van der Waals surface area (Å²) in [6, 6.07) is 4.11. The van der Waals surface area contributed by atoms with Gasteiger partial charge in [-0.2, -0.15) is 0 Å². The smallest absolute Gasteiger partial charge is 0.224 e. The molecule has 0 saturated heterocycles. The molecule has 0 atom stereocenters. The fourth-order valence-corrected chi connectivity index (χ4v) is 1.43. The van der Waals surface area contributed by atoms with E-state index in [0.717, 1.165) is 18.9 Å². The lowest BCUT2D eigenvalue weighted by molar-refractivity contribution is -0.120. The fourth-order valence-electron chi connectivity index (χ4n) is 1.43. The summed E-state index contributed by atoms with van der Waals surface area (Å²) in [6.45, 7) is 6.36. The van der Waals surface area contributed by atoms with Crippen LogP contribution in [0.2, 0.25) is 0 Å². The maximum absolute atomic E-state index is 13.9. The van der Waals surface area contributed by atoms with Gasteiger partial charge >= 0.3 is 0 Å². The molecule has 23 heavy (non-hydrogen) atoms. The molecule has 6 heteroatoms. The standard InChI is InChI=1S/C13H17F2NO2.C2H3N.C2H6/c1-3-4-7-18-11-6-5-10(14)9(13(11)15)8-12(17)16-2;1-2-3;1-2/h5-6H,3-4,7-8H2,1-2H3,(H,16,17);1H,3H2;1-2H3. The number of nitrogens with two attached hydrogens (primary N) is 1. The van der Waals surface area contributed by atoms with Gasteiger partial charge in [0.15, 0.2) is 11.6 Å². The summed E-state index contributed by atoms with van der Waals surface area (Å²) in [4.78, 5) is 11.2. The molecule has 0 bridgehead atoms. The first-order chi connectivity index (χ1) is 11.0. The number of ether oxygens (including phenoxy) is 1. The molecule has 0 saturated carbocycles. The molecule has 0 fully saturated rings. The van der Waals surface area contributed by atoms with Gasteiger partial charge in [0.1, 0.15) is 5.82 Å². The lowest BCUT2D eigenvalue weighted by Crippen LogP contribution is -2.21. The molecular weight excluding hydrogens is 302 g/mol. The van der Waals surface area contributed by atoms with E-state index in [0.29, 0.717) is 6.61 Å². The van der Waals surface area contributed by atoms with Crippen LogP contribution in [0.1, 0.15) is 39.2 Å². The number of carbonyl (C=O) groups excluding carboxylic acids is 1. The van der Waals surface area contributed by atoms with Crippen LogP contribution in [-0.2, 0) is 11.2 Å². The Hall–Kier alpha value is -2.29. The Balaban J connectivity index is 0. The summed E-state index contributed by atoms with van der Waals surface area (Å²) in [5, 5.41) is 2.33. The second-order valence-corrected chi connectivity index (χ2v) is 4.06. The van der Waals surface area contributed by atoms with Crippen molar-refractivity contribution in [1.29, 1.82) is 0 Å². The van der Waals surface area contributed by atoms with Crippen molar-refractivity contribution >= 4 is 5.91 Å². The van der Waals surface area contributed by atoms with Gasteiger partial charge in [0, 0.05) is 12.6 Å². The third-order valence-corrected chi connectivity index (χ3v) is 2.52. The minimum atomic E-state index is -0.797. The van der Waals surface area contributed by atoms with Crippen LogP contribution in [-0.4, -0.2) is 19.6 Å². The molecule has 1 rings (SSSR count). The van der Waals surface area contributed by atoms with E-state index in [-0.39, 0.29) is 17.7 Å². The predicted octanol–water partition coefficient (Wildman–Crippen LogP) is 2.99. The van der Waals surface area contributed by atoms with E-state index in [1.54, 1.807) is 6.04 Å². The number of rotatable bonds is 6. The van der Waals surface area contributed by atoms with Gasteiger partial charge in [-0.05, 0) is 24.6 Å². The molecule has 1 amide bonds. The summed E-state index contributed by atoms with van der Waals surface area (Å²) in [7, 11) is 1.42. The second-order valence-electron chi connectivity index (χ2n) is 4.06. The lowest BCUT2D eigenvalue weighted by atomic mass is 10.1. The first-order valence-electron chi connectivity index (χ1n) is 7.48. The first kappa shape index (κ1) is 23.0. The molecule has 1 aromatic carbocycles. The van der Waals surface area contributed by atoms with Crippen LogP contribution in [0, 0.1) is 24.1 Å². The molecule has 0 aliphatic rings. The number of unbranched alkanes of at least 4 members (excludes halogenated alkanes) is 1. The summed E-state index contributed by atoms with van der Waals surface area (Å²) in [6.07, 6.45) is 5.76. The van der Waals surface area contributed by atoms with Crippen LogP contribution >= 0.6 is 0 Å². The van der Waals surface area contributed by atoms with E-state index >= 15 is 0 Å². The molecule has 4 nitrogen and oxygen atoms in total. The number of nitrogens with one attached hydrogen (secondary N) is 1. The minimum Gasteiger partial charge on any atom is -0.491 e. The predicted molar refractivity (Wildman–Crippen MR) is 88.9 cm³/mol. The van der Waals surface area contributed by atoms with Crippen LogP contribution in [0.4, 0.5) is 8.78 Å². The van der Waals surface area contributed by atoms with Crippen molar-refractivity contribution < 1.29 is 18.3 Å². The maximum Gasteiger partial charge on any atom is 0.224 e. The summed E-state index contributed by atoms with van der Waals surface area (Å²) in [5.74, 6) is -1.99. The van der Waals surface area contributed by atoms with E-state index in [2.05, 4.69) is 17.5 Å². The highest BCUT2D eigenvalue weighted by Gasteiger charge is 2.17. The van der Waals surface area contributed by atoms with Crippen molar-refractivity contribution in [3.63, 3.8) is 0 Å². The number of likely N-dealkylation sites (N-methyl/N-ethyl adjacent to an activating group) is 1. The van der Waals surface area contributed by atoms with Crippen LogP contribution in [0.5, 0.6) is 5.75 Å². The topological polar surface area (TPSA) is 64.3 Å². The van der Waals surface area contributed by atoms with Crippen molar-refractivity contribution in [2.24, 2.45) is 5.73 Å². The van der Waals surface area contributed by atoms with Crippen molar-refractivity contribution in [1.82, 2.24) is 5.32 Å². The number of benzene rings is 1. The number of hydrogen-bond acceptors (Lipinski definition) is 3. The Morgan fingerprint density at radius 1 is 1.39 bits per heavy atom. The zero-order chi connectivity index (χ0) is 18.3. The largest absolute Gasteiger partial charge is 0.491 e. The Morgan fingerprint density at radius 2 is 1.96 bits per heavy atom. The van der Waals surface area contributed by atoms with Crippen molar-refractivity contribution in [3.05, 3.63) is 29.3 Å². The highest BCUT2D eigenvalue weighted by molar-refractivity contribution is 5.78. The second kappa shape index (κ2) is 14.6. The third-order valence-electron chi connectivity index (χ3n) is 2.52. The van der Waals surface area contributed by atoms with Crippen LogP contribution in [0.15, 0.2) is 12.1 Å². The maximum atomic E-state index is 13.9. The first-order valence-corrected chi connectivity index (χ1v) is 7.48. The number of hydrogen-bond donors (Lipinski definition) is 2. The number of amides is 1. The monoisotopic (exact) mass is 328 g/mol. The fraction of sp³-hybridized carbons (Fsp3) is 0.471. The average molecular weight is 328 g/mol. The van der Waals surface area contributed by atoms with Crippen LogP contribution in [0.25, 0.3) is 0 Å². The van der Waals surface area contributed by atoms with Crippen LogP contribution in [0.3, 0.4) is 0 Å². The molecule has 1 aromatic rings. The van der Waals surface area contributed by atoms with E-state index < -0.39 is 17.5 Å². The normalized spacial score (nSPS) is 8.57. The van der Waals surface area contributed by atoms with Crippen molar-refractivity contribution in [2.75, 3.05) is 13.7 Å². The molecule has 0 aliphatic heterocycles. The van der Waals surface area contributed by atoms with Gasteiger partial charge in [0.25, 0.3) is 0 Å². The van der Waals surface area contributed by atoms with Gasteiger partial charge in [-0.15, -0.1) is 0 Å². The highest BCUT2D eigenvalue weighted by atomic mass is 19.1. The van der Waals surface area contributed by atoms with Gasteiger partial charge in [0.05, 0.1) is 13.0 Å². The highest BCUT2D eigenvalue weighted by Crippen LogP contribution is 2.24. The molecule has 3 N–H and O–H groups in total. The Kier molecular flexibility index (Phi) is 14.6. The number of terminal acetylenes is 1. The summed E-state index contributed by atoms with van der Waals surface area (Å²) in [5.41, 5.74) is 4.11. The average Bonchev–Trinajstić information content (AvgIpc) is 2.56. The zero-order valence-corrected chi connectivity index (χ0v) is 14.2. The molecule has 0 heterocycles. The Labute approximate surface area is 137 Å². The van der Waals surface area contributed by atoms with Gasteiger partial charge in [-0.3, -0.25) is 4.79 Å². The van der Waals surface area contributed by atoms with Crippen molar-refractivity contribution in [2.45, 2.75) is 40.0 Å². The van der Waals surface area contributed by atoms with Gasteiger partial charge < -0.3 is 15.8 Å². The zero-order valence-electron chi connectivity index (χ0n) is 14.2. The lowest BCUT2D eigenvalue weighted by Gasteiger charge is -2.10. The summed E-state index contributed by atoms with van der Waals surface area (Å²) >= 11 is 0. The van der Waals surface area contributed by atoms with Gasteiger partial charge in [-0.25, -0.2) is 8.78 Å². The van der Waals surface area contributed by atoms with E-state index in [1.807, 2.05) is 20.8 Å². The van der Waals surface area contributed by atoms with Crippen LogP contribution < -0.4 is 15.8 Å². The molecular formula is C17H26F2N2O2. The van der Waals surface area contributed by atoms with Crippen molar-refractivity contribution in [3.8, 4) is 18.2 Å². The Morgan fingerprint density at radius 3 is 2.43 bits per heavy atom. The van der Waals surface area contributed by atoms with E-state index in [1.165, 1.54) is 13.1 Å².